The van der Waals surface area contributed by atoms with E-state index in [0.717, 1.165) is 42.7 Å². The topological polar surface area (TPSA) is 60.5 Å². The number of aromatic nitrogens is 1. The maximum Gasteiger partial charge on any atom is 0.250 e. The number of hydrogen-bond acceptors (Lipinski definition) is 4. The van der Waals surface area contributed by atoms with E-state index in [9.17, 15) is 4.79 Å². The highest BCUT2D eigenvalue weighted by molar-refractivity contribution is 5.86. The largest absolute Gasteiger partial charge is 0.371 e. The fourth-order valence-electron chi connectivity index (χ4n) is 3.15. The molecule has 0 aliphatic carbocycles. The van der Waals surface area contributed by atoms with Crippen LogP contribution in [-0.2, 0) is 0 Å². The summed E-state index contributed by atoms with van der Waals surface area (Å²) in [6.45, 7) is 6.16. The van der Waals surface area contributed by atoms with Gasteiger partial charge in [-0.3, -0.25) is 10.2 Å². The third-order valence-corrected chi connectivity index (χ3v) is 4.35. The Labute approximate surface area is 159 Å². The number of nitrogens with one attached hydrogen (secondary N) is 2. The van der Waals surface area contributed by atoms with Crippen molar-refractivity contribution in [2.24, 2.45) is 5.10 Å². The Morgan fingerprint density at radius 3 is 2.48 bits per heavy atom. The fourth-order valence-corrected chi connectivity index (χ4v) is 3.15. The summed E-state index contributed by atoms with van der Waals surface area (Å²) >= 11 is 0. The van der Waals surface area contributed by atoms with Crippen LogP contribution in [0.3, 0.4) is 0 Å². The van der Waals surface area contributed by atoms with Crippen LogP contribution in [0.15, 0.2) is 64.5 Å². The Kier molecular flexibility index (Phi) is 6.26. The van der Waals surface area contributed by atoms with Gasteiger partial charge >= 0.3 is 0 Å². The van der Waals surface area contributed by atoms with E-state index in [1.165, 1.54) is 5.39 Å². The Balaban J connectivity index is 1.76. The molecular formula is C22H26N4O. The van der Waals surface area contributed by atoms with Crippen molar-refractivity contribution in [3.8, 4) is 0 Å². The van der Waals surface area contributed by atoms with E-state index in [0.29, 0.717) is 5.69 Å². The van der Waals surface area contributed by atoms with Gasteiger partial charge in [-0.05, 0) is 41.8 Å². The van der Waals surface area contributed by atoms with E-state index < -0.39 is 0 Å². The maximum absolute atomic E-state index is 12.0. The number of pyridine rings is 1. The van der Waals surface area contributed by atoms with Crippen molar-refractivity contribution in [3.05, 3.63) is 70.6 Å². The number of H-pyrrole nitrogens is 1. The number of nitrogens with zero attached hydrogens (tertiary/aromatic N) is 2. The first-order chi connectivity index (χ1) is 13.2. The lowest BCUT2D eigenvalue weighted by molar-refractivity contribution is 0.743. The maximum atomic E-state index is 12.0. The molecular weight excluding hydrogens is 336 g/mol. The molecule has 0 amide bonds. The Morgan fingerprint density at radius 1 is 1.00 bits per heavy atom. The summed E-state index contributed by atoms with van der Waals surface area (Å²) in [5, 5.41) is 6.63. The van der Waals surface area contributed by atoms with E-state index in [4.69, 9.17) is 0 Å². The summed E-state index contributed by atoms with van der Waals surface area (Å²) in [6.07, 6.45) is 3.73. The minimum Gasteiger partial charge on any atom is -0.371 e. The molecule has 0 fully saturated rings. The molecule has 3 aromatic rings. The van der Waals surface area contributed by atoms with Crippen LogP contribution in [0.2, 0.25) is 0 Å². The van der Waals surface area contributed by atoms with Gasteiger partial charge in [-0.1, -0.05) is 44.2 Å². The molecule has 1 heterocycles. The molecule has 0 saturated heterocycles. The van der Waals surface area contributed by atoms with Crippen LogP contribution in [0.25, 0.3) is 10.8 Å². The molecule has 5 heteroatoms. The van der Waals surface area contributed by atoms with Gasteiger partial charge in [0.25, 0.3) is 0 Å². The van der Waals surface area contributed by atoms with Gasteiger partial charge in [0, 0.05) is 24.8 Å². The molecule has 27 heavy (non-hydrogen) atoms. The van der Waals surface area contributed by atoms with Crippen LogP contribution in [0.5, 0.6) is 0 Å². The lowest BCUT2D eigenvalue weighted by Crippen LogP contribution is -2.26. The van der Waals surface area contributed by atoms with Gasteiger partial charge in [0.15, 0.2) is 0 Å². The Bertz CT molecular complexity index is 971. The third kappa shape index (κ3) is 4.97. The highest BCUT2D eigenvalue weighted by atomic mass is 16.1. The number of fused-ring (bicyclic) bond motifs is 1. The summed E-state index contributed by atoms with van der Waals surface area (Å²) in [4.78, 5) is 17.1. The predicted octanol–water partition coefficient (Wildman–Crippen LogP) is 4.60. The van der Waals surface area contributed by atoms with E-state index in [1.807, 2.05) is 24.3 Å². The zero-order valence-electron chi connectivity index (χ0n) is 15.9. The molecule has 0 aliphatic heterocycles. The summed E-state index contributed by atoms with van der Waals surface area (Å²) < 4.78 is 0. The first kappa shape index (κ1) is 18.7. The lowest BCUT2D eigenvalue weighted by atomic mass is 10.1. The Hall–Kier alpha value is -3.08. The minimum absolute atomic E-state index is 0.114. The molecule has 2 N–H and O–H groups in total. The van der Waals surface area contributed by atoms with Crippen molar-refractivity contribution < 1.29 is 0 Å². The molecule has 0 aliphatic rings. The average Bonchev–Trinajstić information content (AvgIpc) is 2.67. The van der Waals surface area contributed by atoms with Crippen LogP contribution in [0.4, 0.5) is 11.4 Å². The van der Waals surface area contributed by atoms with Crippen molar-refractivity contribution >= 4 is 28.4 Å². The minimum atomic E-state index is -0.114. The van der Waals surface area contributed by atoms with Crippen molar-refractivity contribution in [1.29, 1.82) is 0 Å². The zero-order chi connectivity index (χ0) is 19.1. The molecule has 0 saturated carbocycles. The van der Waals surface area contributed by atoms with Gasteiger partial charge in [0.1, 0.15) is 0 Å². The van der Waals surface area contributed by atoms with Crippen LogP contribution in [0.1, 0.15) is 32.4 Å². The molecule has 1 aromatic heterocycles. The number of benzene rings is 2. The smallest absolute Gasteiger partial charge is 0.250 e. The molecule has 2 aromatic carbocycles. The standard InChI is InChI=1S/C22H26N4O/c1-3-11-26(12-4-2)21-14-20(24-22(27)15-21)16-23-25-19-10-9-17-7-5-6-8-18(17)13-19/h5-10,13-16,25H,3-4,11-12H2,1-2H3,(H,24,27)/b23-16+. The molecule has 0 atom stereocenters. The number of aromatic amines is 1. The highest BCUT2D eigenvalue weighted by Crippen LogP contribution is 2.19. The summed E-state index contributed by atoms with van der Waals surface area (Å²) in [5.41, 5.74) is 5.45. The molecule has 3 rings (SSSR count). The molecule has 0 unspecified atom stereocenters. The van der Waals surface area contributed by atoms with Crippen molar-refractivity contribution in [2.45, 2.75) is 26.7 Å². The van der Waals surface area contributed by atoms with E-state index in [-0.39, 0.29) is 5.56 Å². The van der Waals surface area contributed by atoms with Crippen molar-refractivity contribution in [3.63, 3.8) is 0 Å². The monoisotopic (exact) mass is 362 g/mol. The van der Waals surface area contributed by atoms with Crippen molar-refractivity contribution in [2.75, 3.05) is 23.4 Å². The van der Waals surface area contributed by atoms with E-state index in [2.05, 4.69) is 58.5 Å². The van der Waals surface area contributed by atoms with Gasteiger partial charge in [-0.2, -0.15) is 5.10 Å². The molecule has 0 spiro atoms. The van der Waals surface area contributed by atoms with Gasteiger partial charge in [-0.25, -0.2) is 0 Å². The van der Waals surface area contributed by atoms with Crippen LogP contribution in [0, 0.1) is 0 Å². The highest BCUT2D eigenvalue weighted by Gasteiger charge is 2.06. The average molecular weight is 362 g/mol. The Morgan fingerprint density at radius 2 is 1.74 bits per heavy atom. The first-order valence-corrected chi connectivity index (χ1v) is 9.46. The second kappa shape index (κ2) is 9.03. The van der Waals surface area contributed by atoms with Crippen molar-refractivity contribution in [1.82, 2.24) is 4.98 Å². The lowest BCUT2D eigenvalue weighted by Gasteiger charge is -2.23. The second-order valence-corrected chi connectivity index (χ2v) is 6.58. The number of hydrazone groups is 1. The van der Waals surface area contributed by atoms with Gasteiger partial charge in [0.05, 0.1) is 17.6 Å². The van der Waals surface area contributed by atoms with E-state index in [1.54, 1.807) is 12.3 Å². The molecule has 0 bridgehead atoms. The molecule has 5 nitrogen and oxygen atoms in total. The molecule has 0 radical (unpaired) electrons. The summed E-state index contributed by atoms with van der Waals surface area (Å²) in [7, 11) is 0. The van der Waals surface area contributed by atoms with Gasteiger partial charge in [-0.15, -0.1) is 0 Å². The predicted molar refractivity (Wildman–Crippen MR) is 115 cm³/mol. The summed E-state index contributed by atoms with van der Waals surface area (Å²) in [5.74, 6) is 0. The van der Waals surface area contributed by atoms with Crippen LogP contribution < -0.4 is 15.9 Å². The normalized spacial score (nSPS) is 11.2. The van der Waals surface area contributed by atoms with Gasteiger partial charge in [0.2, 0.25) is 5.56 Å². The summed E-state index contributed by atoms with van der Waals surface area (Å²) in [6, 6.07) is 17.9. The van der Waals surface area contributed by atoms with E-state index >= 15 is 0 Å². The molecule has 140 valence electrons. The third-order valence-electron chi connectivity index (χ3n) is 4.35. The SMILES string of the molecule is CCCN(CCC)c1cc(/C=N/Nc2ccc3ccccc3c2)[nH]c(=O)c1. The quantitative estimate of drug-likeness (QED) is 0.455. The zero-order valence-corrected chi connectivity index (χ0v) is 15.9. The first-order valence-electron chi connectivity index (χ1n) is 9.46. The number of anilines is 2. The number of hydrogen-bond donors (Lipinski definition) is 2. The van der Waals surface area contributed by atoms with Gasteiger partial charge < -0.3 is 9.88 Å². The second-order valence-electron chi connectivity index (χ2n) is 6.58. The number of rotatable bonds is 8. The van der Waals surface area contributed by atoms with Crippen LogP contribution >= 0.6 is 0 Å². The fraction of sp³-hybridized carbons (Fsp3) is 0.273. The van der Waals surface area contributed by atoms with Crippen LogP contribution in [-0.4, -0.2) is 24.3 Å².